The van der Waals surface area contributed by atoms with E-state index in [4.69, 9.17) is 9.57 Å². The first-order valence-corrected chi connectivity index (χ1v) is 8.78. The minimum atomic E-state index is -4.68. The topological polar surface area (TPSA) is 67.9 Å². The van der Waals surface area contributed by atoms with Crippen molar-refractivity contribution in [1.29, 1.82) is 0 Å². The summed E-state index contributed by atoms with van der Waals surface area (Å²) >= 11 is 0. The van der Waals surface area contributed by atoms with Gasteiger partial charge in [0.15, 0.2) is 6.10 Å². The Hall–Kier alpha value is -3.07. The van der Waals surface area contributed by atoms with Crippen LogP contribution in [0.4, 0.5) is 18.0 Å². The van der Waals surface area contributed by atoms with Crippen molar-refractivity contribution in [1.82, 2.24) is 10.4 Å². The molecule has 1 N–H and O–H groups in total. The summed E-state index contributed by atoms with van der Waals surface area (Å²) in [5, 5.41) is 2.60. The number of hydrogen-bond acceptors (Lipinski definition) is 4. The smallest absolute Gasteiger partial charge is 0.408 e. The maximum absolute atomic E-state index is 12.8. The van der Waals surface area contributed by atoms with E-state index in [1.54, 1.807) is 54.6 Å². The van der Waals surface area contributed by atoms with Gasteiger partial charge in [0.1, 0.15) is 13.2 Å². The van der Waals surface area contributed by atoms with Gasteiger partial charge in [-0.2, -0.15) is 13.2 Å². The van der Waals surface area contributed by atoms with Gasteiger partial charge >= 0.3 is 12.3 Å². The van der Waals surface area contributed by atoms with Crippen LogP contribution in [0.3, 0.4) is 0 Å². The number of hydroxylamine groups is 2. The van der Waals surface area contributed by atoms with E-state index in [0.29, 0.717) is 5.56 Å². The van der Waals surface area contributed by atoms with Crippen LogP contribution in [0.1, 0.15) is 18.1 Å². The standard InChI is InChI=1S/C20H21F3N2O4/c1-15(29-19(27)24-12-16-8-4-2-5-9-16)18(26)25(14-20(21,22)23)28-13-17-10-6-3-7-11-17/h2-11,15H,12-14H2,1H3,(H,24,27)/t15-/m1/s1. The van der Waals surface area contributed by atoms with Crippen LogP contribution < -0.4 is 5.32 Å². The summed E-state index contributed by atoms with van der Waals surface area (Å²) in [6.07, 6.45) is -7.07. The molecule has 0 fully saturated rings. The zero-order chi connectivity index (χ0) is 21.3. The zero-order valence-corrected chi connectivity index (χ0v) is 15.7. The minimum Gasteiger partial charge on any atom is -0.436 e. The largest absolute Gasteiger partial charge is 0.436 e. The van der Waals surface area contributed by atoms with Gasteiger partial charge in [0.2, 0.25) is 0 Å². The van der Waals surface area contributed by atoms with Crippen molar-refractivity contribution in [3.63, 3.8) is 0 Å². The van der Waals surface area contributed by atoms with Crippen molar-refractivity contribution in [3.05, 3.63) is 71.8 Å². The second-order valence-electron chi connectivity index (χ2n) is 6.14. The van der Waals surface area contributed by atoms with E-state index >= 15 is 0 Å². The van der Waals surface area contributed by atoms with Crippen molar-refractivity contribution in [2.45, 2.75) is 32.4 Å². The monoisotopic (exact) mass is 410 g/mol. The second kappa shape index (κ2) is 10.5. The lowest BCUT2D eigenvalue weighted by atomic mass is 10.2. The van der Waals surface area contributed by atoms with Crippen molar-refractivity contribution >= 4 is 12.0 Å². The number of nitrogens with one attached hydrogen (secondary N) is 1. The third-order valence-corrected chi connectivity index (χ3v) is 3.71. The maximum atomic E-state index is 12.8. The molecule has 2 rings (SSSR count). The number of carbonyl (C=O) groups is 2. The highest BCUT2D eigenvalue weighted by atomic mass is 19.4. The first kappa shape index (κ1) is 22.2. The third kappa shape index (κ3) is 8.22. The van der Waals surface area contributed by atoms with Gasteiger partial charge in [0, 0.05) is 6.54 Å². The number of rotatable bonds is 8. The molecule has 2 amide bonds. The number of nitrogens with zero attached hydrogens (tertiary/aromatic N) is 1. The maximum Gasteiger partial charge on any atom is 0.408 e. The minimum absolute atomic E-state index is 0.150. The highest BCUT2D eigenvalue weighted by Gasteiger charge is 2.36. The predicted molar refractivity (Wildman–Crippen MR) is 98.2 cm³/mol. The quantitative estimate of drug-likeness (QED) is 0.672. The molecule has 0 heterocycles. The molecule has 6 nitrogen and oxygen atoms in total. The van der Waals surface area contributed by atoms with Crippen molar-refractivity contribution in [2.24, 2.45) is 0 Å². The molecule has 0 unspecified atom stereocenters. The van der Waals surface area contributed by atoms with Crippen LogP contribution in [0, 0.1) is 0 Å². The van der Waals surface area contributed by atoms with Gasteiger partial charge in [-0.15, -0.1) is 0 Å². The molecule has 0 saturated carbocycles. The number of alkyl carbamates (subject to hydrolysis) is 1. The van der Waals surface area contributed by atoms with Crippen molar-refractivity contribution in [3.8, 4) is 0 Å². The summed E-state index contributed by atoms with van der Waals surface area (Å²) in [6.45, 7) is -0.537. The normalized spacial score (nSPS) is 12.1. The van der Waals surface area contributed by atoms with Crippen molar-refractivity contribution in [2.75, 3.05) is 6.54 Å². The van der Waals surface area contributed by atoms with Gasteiger partial charge in [0.05, 0.1) is 0 Å². The Morgan fingerprint density at radius 3 is 2.10 bits per heavy atom. The molecular weight excluding hydrogens is 389 g/mol. The lowest BCUT2D eigenvalue weighted by molar-refractivity contribution is -0.241. The molecule has 0 bridgehead atoms. The van der Waals surface area contributed by atoms with Crippen LogP contribution in [-0.4, -0.2) is 35.9 Å². The summed E-state index contributed by atoms with van der Waals surface area (Å²) < 4.78 is 43.4. The molecule has 2 aromatic rings. The first-order chi connectivity index (χ1) is 13.7. The second-order valence-corrected chi connectivity index (χ2v) is 6.14. The third-order valence-electron chi connectivity index (χ3n) is 3.71. The Balaban J connectivity index is 1.92. The van der Waals surface area contributed by atoms with Gasteiger partial charge in [-0.05, 0) is 18.1 Å². The Labute approximate surface area is 166 Å². The molecule has 29 heavy (non-hydrogen) atoms. The van der Waals surface area contributed by atoms with E-state index in [1.807, 2.05) is 6.07 Å². The number of carbonyl (C=O) groups excluding carboxylic acids is 2. The number of alkyl halides is 3. The molecule has 1 atom stereocenters. The van der Waals surface area contributed by atoms with Gasteiger partial charge in [0.25, 0.3) is 5.91 Å². The molecule has 0 aliphatic carbocycles. The fourth-order valence-electron chi connectivity index (χ4n) is 2.30. The summed E-state index contributed by atoms with van der Waals surface area (Å²) in [5.41, 5.74) is 1.38. The highest BCUT2D eigenvalue weighted by molar-refractivity contribution is 5.82. The van der Waals surface area contributed by atoms with E-state index in [-0.39, 0.29) is 18.2 Å². The van der Waals surface area contributed by atoms with Gasteiger partial charge in [-0.3, -0.25) is 9.63 Å². The number of halogens is 3. The molecule has 0 aliphatic heterocycles. The van der Waals surface area contributed by atoms with E-state index in [0.717, 1.165) is 5.56 Å². The van der Waals surface area contributed by atoms with E-state index in [9.17, 15) is 22.8 Å². The fraction of sp³-hybridized carbons (Fsp3) is 0.300. The van der Waals surface area contributed by atoms with E-state index < -0.39 is 30.8 Å². The highest BCUT2D eigenvalue weighted by Crippen LogP contribution is 2.18. The van der Waals surface area contributed by atoms with E-state index in [1.165, 1.54) is 6.92 Å². The average molecular weight is 410 g/mol. The summed E-state index contributed by atoms with van der Waals surface area (Å²) in [4.78, 5) is 29.2. The van der Waals surface area contributed by atoms with Gasteiger partial charge in [-0.1, -0.05) is 60.7 Å². The van der Waals surface area contributed by atoms with Crippen LogP contribution >= 0.6 is 0 Å². The SMILES string of the molecule is C[C@@H](OC(=O)NCc1ccccc1)C(=O)N(CC(F)(F)F)OCc1ccccc1. The molecule has 2 aromatic carbocycles. The Kier molecular flexibility index (Phi) is 8.02. The molecule has 0 aromatic heterocycles. The molecule has 0 aliphatic rings. The number of hydrogen-bond donors (Lipinski definition) is 1. The fourth-order valence-corrected chi connectivity index (χ4v) is 2.30. The molecule has 0 spiro atoms. The molecule has 0 saturated heterocycles. The summed E-state index contributed by atoms with van der Waals surface area (Å²) in [7, 11) is 0. The van der Waals surface area contributed by atoms with E-state index in [2.05, 4.69) is 5.32 Å². The molecule has 156 valence electrons. The average Bonchev–Trinajstić information content (AvgIpc) is 2.69. The van der Waals surface area contributed by atoms with Crippen LogP contribution in [0.2, 0.25) is 0 Å². The number of ether oxygens (including phenoxy) is 1. The van der Waals surface area contributed by atoms with Crippen LogP contribution in [0.5, 0.6) is 0 Å². The zero-order valence-electron chi connectivity index (χ0n) is 15.7. The van der Waals surface area contributed by atoms with Crippen molar-refractivity contribution < 1.29 is 32.3 Å². The molecule has 9 heteroatoms. The predicted octanol–water partition coefficient (Wildman–Crippen LogP) is 3.82. The Morgan fingerprint density at radius 1 is 1.00 bits per heavy atom. The lowest BCUT2D eigenvalue weighted by Gasteiger charge is -2.25. The molecule has 0 radical (unpaired) electrons. The first-order valence-electron chi connectivity index (χ1n) is 8.78. The van der Waals surface area contributed by atoms with Crippen LogP contribution in [0.25, 0.3) is 0 Å². The summed E-state index contributed by atoms with van der Waals surface area (Å²) in [6, 6.07) is 17.4. The number of benzene rings is 2. The number of amides is 2. The Bertz CT molecular complexity index is 785. The van der Waals surface area contributed by atoms with Gasteiger partial charge < -0.3 is 10.1 Å². The Morgan fingerprint density at radius 2 is 1.55 bits per heavy atom. The van der Waals surface area contributed by atoms with Gasteiger partial charge in [-0.25, -0.2) is 9.86 Å². The van der Waals surface area contributed by atoms with Crippen LogP contribution in [0.15, 0.2) is 60.7 Å². The van der Waals surface area contributed by atoms with Crippen LogP contribution in [-0.2, 0) is 27.5 Å². The molecular formula is C20H21F3N2O4. The lowest BCUT2D eigenvalue weighted by Crippen LogP contribution is -2.45. The summed E-state index contributed by atoms with van der Waals surface area (Å²) in [5.74, 6) is -1.12.